The number of nitrogens with one attached hydrogen (secondary N) is 2. The van der Waals surface area contributed by atoms with Gasteiger partial charge in [0.1, 0.15) is 5.82 Å². The van der Waals surface area contributed by atoms with Gasteiger partial charge in [-0.2, -0.15) is 4.98 Å². The van der Waals surface area contributed by atoms with Gasteiger partial charge in [-0.25, -0.2) is 4.98 Å². The third-order valence-electron chi connectivity index (χ3n) is 2.98. The highest BCUT2D eigenvalue weighted by atomic mass is 79.9. The fourth-order valence-corrected chi connectivity index (χ4v) is 2.45. The van der Waals surface area contributed by atoms with E-state index in [9.17, 15) is 0 Å². The molecule has 0 amide bonds. The molecule has 0 fully saturated rings. The Morgan fingerprint density at radius 1 is 0.818 bits per heavy atom. The van der Waals surface area contributed by atoms with Crippen LogP contribution in [0.2, 0.25) is 0 Å². The van der Waals surface area contributed by atoms with Crippen LogP contribution in [0.4, 0.5) is 23.1 Å². The first-order valence-corrected chi connectivity index (χ1v) is 7.69. The van der Waals surface area contributed by atoms with Crippen molar-refractivity contribution in [2.24, 2.45) is 0 Å². The monoisotopic (exact) mass is 354 g/mol. The van der Waals surface area contributed by atoms with Gasteiger partial charge >= 0.3 is 0 Å². The van der Waals surface area contributed by atoms with Crippen LogP contribution < -0.4 is 10.6 Å². The Balaban J connectivity index is 1.83. The predicted molar refractivity (Wildman–Crippen MR) is 93.9 cm³/mol. The highest BCUT2D eigenvalue weighted by Gasteiger charge is 2.04. The van der Waals surface area contributed by atoms with E-state index in [4.69, 9.17) is 0 Å². The molecule has 0 saturated carbocycles. The molecule has 1 aromatic heterocycles. The van der Waals surface area contributed by atoms with Gasteiger partial charge in [0, 0.05) is 27.6 Å². The van der Waals surface area contributed by atoms with E-state index in [0.717, 1.165) is 27.4 Å². The number of benzene rings is 2. The average molecular weight is 355 g/mol. The van der Waals surface area contributed by atoms with E-state index in [0.29, 0.717) is 5.95 Å². The van der Waals surface area contributed by atoms with Gasteiger partial charge < -0.3 is 10.6 Å². The third-order valence-corrected chi connectivity index (χ3v) is 3.47. The number of rotatable bonds is 4. The zero-order chi connectivity index (χ0) is 15.4. The van der Waals surface area contributed by atoms with E-state index < -0.39 is 0 Å². The Bertz CT molecular complexity index is 775. The van der Waals surface area contributed by atoms with Gasteiger partial charge in [-0.3, -0.25) is 0 Å². The van der Waals surface area contributed by atoms with Crippen molar-refractivity contribution < 1.29 is 0 Å². The lowest BCUT2D eigenvalue weighted by Crippen LogP contribution is -2.02. The molecule has 0 spiro atoms. The largest absolute Gasteiger partial charge is 0.340 e. The smallest absolute Gasteiger partial charge is 0.229 e. The normalized spacial score (nSPS) is 10.3. The molecular weight excluding hydrogens is 340 g/mol. The Hall–Kier alpha value is -2.40. The number of hydrogen-bond donors (Lipinski definition) is 2. The summed E-state index contributed by atoms with van der Waals surface area (Å²) in [5.74, 6) is 1.33. The van der Waals surface area contributed by atoms with E-state index >= 15 is 0 Å². The number of anilines is 4. The SMILES string of the molecule is Cc1cc(Nc2ccccc2)nc(Nc2cccc(Br)c2)n1. The quantitative estimate of drug-likeness (QED) is 0.689. The minimum Gasteiger partial charge on any atom is -0.340 e. The lowest BCUT2D eigenvalue weighted by atomic mass is 10.3. The molecule has 22 heavy (non-hydrogen) atoms. The van der Waals surface area contributed by atoms with Gasteiger partial charge in [-0.1, -0.05) is 40.2 Å². The van der Waals surface area contributed by atoms with Crippen LogP contribution in [-0.2, 0) is 0 Å². The van der Waals surface area contributed by atoms with Gasteiger partial charge in [0.2, 0.25) is 5.95 Å². The zero-order valence-corrected chi connectivity index (χ0v) is 13.6. The van der Waals surface area contributed by atoms with E-state index in [1.54, 1.807) is 0 Å². The molecule has 0 aliphatic rings. The van der Waals surface area contributed by atoms with Gasteiger partial charge in [0.05, 0.1) is 0 Å². The lowest BCUT2D eigenvalue weighted by Gasteiger charge is -2.10. The van der Waals surface area contributed by atoms with E-state index in [2.05, 4.69) is 36.5 Å². The van der Waals surface area contributed by atoms with Crippen LogP contribution >= 0.6 is 15.9 Å². The molecule has 0 bridgehead atoms. The summed E-state index contributed by atoms with van der Waals surface area (Å²) in [6.45, 7) is 1.95. The Morgan fingerprint density at radius 2 is 1.59 bits per heavy atom. The summed E-state index contributed by atoms with van der Waals surface area (Å²) in [6, 6.07) is 19.8. The summed E-state index contributed by atoms with van der Waals surface area (Å²) >= 11 is 3.46. The van der Waals surface area contributed by atoms with E-state index in [1.807, 2.05) is 67.6 Å². The van der Waals surface area contributed by atoms with E-state index in [-0.39, 0.29) is 0 Å². The molecule has 110 valence electrons. The number of aromatic nitrogens is 2. The molecule has 3 rings (SSSR count). The molecule has 4 nitrogen and oxygen atoms in total. The molecule has 0 atom stereocenters. The van der Waals surface area contributed by atoms with Crippen molar-refractivity contribution in [3.05, 3.63) is 70.8 Å². The molecule has 5 heteroatoms. The highest BCUT2D eigenvalue weighted by molar-refractivity contribution is 9.10. The first-order chi connectivity index (χ1) is 10.7. The summed E-state index contributed by atoms with van der Waals surface area (Å²) in [7, 11) is 0. The fraction of sp³-hybridized carbons (Fsp3) is 0.0588. The van der Waals surface area contributed by atoms with Crippen LogP contribution in [0, 0.1) is 6.92 Å². The van der Waals surface area contributed by atoms with Crippen LogP contribution in [0.25, 0.3) is 0 Å². The number of para-hydroxylation sites is 1. The first-order valence-electron chi connectivity index (χ1n) is 6.89. The molecule has 0 aliphatic heterocycles. The molecule has 0 unspecified atom stereocenters. The van der Waals surface area contributed by atoms with Crippen molar-refractivity contribution >= 4 is 39.1 Å². The van der Waals surface area contributed by atoms with Crippen molar-refractivity contribution in [1.29, 1.82) is 0 Å². The van der Waals surface area contributed by atoms with E-state index in [1.165, 1.54) is 0 Å². The molecule has 2 aromatic carbocycles. The standard InChI is InChI=1S/C17H15BrN4/c1-12-10-16(20-14-7-3-2-4-8-14)22-17(19-12)21-15-9-5-6-13(18)11-15/h2-11H,1H3,(H2,19,20,21,22). The van der Waals surface area contributed by atoms with Crippen molar-refractivity contribution in [3.63, 3.8) is 0 Å². The third kappa shape index (κ3) is 3.83. The summed E-state index contributed by atoms with van der Waals surface area (Å²) < 4.78 is 1.01. The molecule has 1 heterocycles. The topological polar surface area (TPSA) is 49.8 Å². The van der Waals surface area contributed by atoms with Gasteiger partial charge in [-0.15, -0.1) is 0 Å². The molecule has 0 aliphatic carbocycles. The average Bonchev–Trinajstić information content (AvgIpc) is 2.47. The lowest BCUT2D eigenvalue weighted by molar-refractivity contribution is 1.11. The minimum absolute atomic E-state index is 0.566. The maximum atomic E-state index is 4.51. The number of nitrogens with zero attached hydrogens (tertiary/aromatic N) is 2. The Kier molecular flexibility index (Phi) is 4.34. The predicted octanol–water partition coefficient (Wildman–Crippen LogP) is 5.03. The second-order valence-corrected chi connectivity index (χ2v) is 5.76. The molecule has 0 radical (unpaired) electrons. The van der Waals surface area contributed by atoms with Crippen molar-refractivity contribution in [2.75, 3.05) is 10.6 Å². The molecule has 2 N–H and O–H groups in total. The van der Waals surface area contributed by atoms with Crippen LogP contribution in [0.5, 0.6) is 0 Å². The van der Waals surface area contributed by atoms with Crippen LogP contribution in [0.1, 0.15) is 5.69 Å². The maximum absolute atomic E-state index is 4.51. The van der Waals surface area contributed by atoms with Crippen molar-refractivity contribution in [1.82, 2.24) is 9.97 Å². The molecule has 0 saturated heterocycles. The summed E-state index contributed by atoms with van der Waals surface area (Å²) in [4.78, 5) is 8.93. The fourth-order valence-electron chi connectivity index (χ4n) is 2.05. The second kappa shape index (κ2) is 6.58. The second-order valence-electron chi connectivity index (χ2n) is 4.84. The van der Waals surface area contributed by atoms with Crippen LogP contribution in [-0.4, -0.2) is 9.97 Å². The van der Waals surface area contributed by atoms with Crippen molar-refractivity contribution in [3.8, 4) is 0 Å². The molecule has 3 aromatic rings. The van der Waals surface area contributed by atoms with Gasteiger partial charge in [0.25, 0.3) is 0 Å². The number of halogens is 1. The minimum atomic E-state index is 0.566. The number of aryl methyl sites for hydroxylation is 1. The van der Waals surface area contributed by atoms with Gasteiger partial charge in [-0.05, 0) is 37.3 Å². The number of hydrogen-bond acceptors (Lipinski definition) is 4. The Labute approximate surface area is 137 Å². The zero-order valence-electron chi connectivity index (χ0n) is 12.0. The maximum Gasteiger partial charge on any atom is 0.229 e. The van der Waals surface area contributed by atoms with Crippen molar-refractivity contribution in [2.45, 2.75) is 6.92 Å². The van der Waals surface area contributed by atoms with Crippen LogP contribution in [0.3, 0.4) is 0 Å². The molecular formula is C17H15BrN4. The summed E-state index contributed by atoms with van der Waals surface area (Å²) in [5.41, 5.74) is 2.82. The Morgan fingerprint density at radius 3 is 2.36 bits per heavy atom. The highest BCUT2D eigenvalue weighted by Crippen LogP contribution is 2.21. The van der Waals surface area contributed by atoms with Crippen LogP contribution in [0.15, 0.2) is 65.1 Å². The summed E-state index contributed by atoms with van der Waals surface area (Å²) in [5, 5.41) is 6.50. The van der Waals surface area contributed by atoms with Gasteiger partial charge in [0.15, 0.2) is 0 Å². The first kappa shape index (κ1) is 14.5. The summed E-state index contributed by atoms with van der Waals surface area (Å²) in [6.07, 6.45) is 0.